The van der Waals surface area contributed by atoms with Crippen LogP contribution in [0, 0.1) is 0 Å². The Morgan fingerprint density at radius 3 is 2.75 bits per heavy atom. The maximum atomic E-state index is 12.4. The summed E-state index contributed by atoms with van der Waals surface area (Å²) in [6.07, 6.45) is 0.618. The van der Waals surface area contributed by atoms with Crippen molar-refractivity contribution in [3.05, 3.63) is 0 Å². The van der Waals surface area contributed by atoms with Crippen molar-refractivity contribution in [1.82, 2.24) is 15.1 Å². The number of hydrogen-bond acceptors (Lipinski definition) is 4. The summed E-state index contributed by atoms with van der Waals surface area (Å²) in [6.45, 7) is 2.15. The van der Waals surface area contributed by atoms with E-state index in [0.29, 0.717) is 13.0 Å². The third-order valence-corrected chi connectivity index (χ3v) is 3.85. The summed E-state index contributed by atoms with van der Waals surface area (Å²) in [7, 11) is 1.61. The van der Waals surface area contributed by atoms with Crippen molar-refractivity contribution in [1.29, 1.82) is 0 Å². The number of ether oxygens (including phenoxy) is 1. The normalized spacial score (nSPS) is 30.0. The van der Waals surface area contributed by atoms with Crippen LogP contribution >= 0.6 is 0 Å². The monoisotopic (exact) mass is 285 g/mol. The highest BCUT2D eigenvalue weighted by Crippen LogP contribution is 2.20. The van der Waals surface area contributed by atoms with Crippen LogP contribution in [0.1, 0.15) is 13.3 Å². The maximum Gasteiger partial charge on any atom is 0.328 e. The highest BCUT2D eigenvalue weighted by Gasteiger charge is 2.39. The average Bonchev–Trinajstić information content (AvgIpc) is 2.82. The number of carbonyl (C=O) groups excluding carboxylic acids is 2. The zero-order chi connectivity index (χ0) is 14.9. The van der Waals surface area contributed by atoms with Crippen LogP contribution in [0.2, 0.25) is 0 Å². The van der Waals surface area contributed by atoms with Crippen LogP contribution in [-0.2, 0) is 14.3 Å². The lowest BCUT2D eigenvalue weighted by atomic mass is 10.1. The Balaban J connectivity index is 2.12. The van der Waals surface area contributed by atoms with Crippen LogP contribution in [-0.4, -0.2) is 77.7 Å². The van der Waals surface area contributed by atoms with Gasteiger partial charge >= 0.3 is 12.0 Å². The molecular weight excluding hydrogens is 266 g/mol. The molecule has 2 fully saturated rings. The van der Waals surface area contributed by atoms with Crippen molar-refractivity contribution in [2.24, 2.45) is 0 Å². The standard InChI is InChI=1S/C12H19N3O5/c1-7-8(3-4-20-7)14(2)12(19)15-6-10(16)13-5-9(15)11(17)18/h7-9H,3-6H2,1-2H3,(H,13,16)(H,17,18). The molecule has 2 aliphatic heterocycles. The first kappa shape index (κ1) is 14.6. The van der Waals surface area contributed by atoms with Gasteiger partial charge < -0.3 is 20.1 Å². The topological polar surface area (TPSA) is 99.2 Å². The Morgan fingerprint density at radius 1 is 1.50 bits per heavy atom. The SMILES string of the molecule is CC1OCCC1N(C)C(=O)N1CC(=O)NCC1C(=O)O. The minimum absolute atomic E-state index is 0.0650. The van der Waals surface area contributed by atoms with Gasteiger partial charge in [0.05, 0.1) is 12.1 Å². The molecule has 0 aliphatic carbocycles. The minimum atomic E-state index is -1.12. The summed E-state index contributed by atoms with van der Waals surface area (Å²) in [6, 6.07) is -1.57. The Labute approximate surface area is 116 Å². The van der Waals surface area contributed by atoms with Crippen LogP contribution in [0.5, 0.6) is 0 Å². The number of urea groups is 1. The molecule has 3 amide bonds. The number of aliphatic carboxylic acids is 1. The van der Waals surface area contributed by atoms with E-state index in [9.17, 15) is 14.4 Å². The summed E-state index contributed by atoms with van der Waals surface area (Å²) in [5.74, 6) is -1.47. The third kappa shape index (κ3) is 2.69. The van der Waals surface area contributed by atoms with Gasteiger partial charge in [0.25, 0.3) is 0 Å². The second kappa shape index (κ2) is 5.66. The van der Waals surface area contributed by atoms with Crippen molar-refractivity contribution in [3.63, 3.8) is 0 Å². The fraction of sp³-hybridized carbons (Fsp3) is 0.750. The van der Waals surface area contributed by atoms with Crippen LogP contribution in [0.3, 0.4) is 0 Å². The molecule has 0 radical (unpaired) electrons. The molecule has 8 nitrogen and oxygen atoms in total. The molecule has 2 rings (SSSR count). The lowest BCUT2D eigenvalue weighted by Crippen LogP contribution is -2.62. The molecule has 2 saturated heterocycles. The lowest BCUT2D eigenvalue weighted by molar-refractivity contribution is -0.144. The number of carboxylic acid groups (broad SMARTS) is 1. The van der Waals surface area contributed by atoms with Gasteiger partial charge in [-0.15, -0.1) is 0 Å². The Kier molecular flexibility index (Phi) is 4.12. The van der Waals surface area contributed by atoms with E-state index in [1.165, 1.54) is 4.90 Å². The number of amides is 3. The van der Waals surface area contributed by atoms with E-state index in [2.05, 4.69) is 5.32 Å². The molecule has 0 aromatic heterocycles. The van der Waals surface area contributed by atoms with E-state index in [0.717, 1.165) is 4.90 Å². The molecule has 0 aromatic rings. The number of likely N-dealkylation sites (N-methyl/N-ethyl adjacent to an activating group) is 1. The molecule has 2 aliphatic rings. The molecule has 0 aromatic carbocycles. The summed E-state index contributed by atoms with van der Waals surface area (Å²) < 4.78 is 5.41. The lowest BCUT2D eigenvalue weighted by Gasteiger charge is -2.37. The summed E-state index contributed by atoms with van der Waals surface area (Å²) >= 11 is 0. The van der Waals surface area contributed by atoms with E-state index in [1.807, 2.05) is 6.92 Å². The van der Waals surface area contributed by atoms with E-state index in [1.54, 1.807) is 7.05 Å². The molecule has 20 heavy (non-hydrogen) atoms. The molecular formula is C12H19N3O5. The smallest absolute Gasteiger partial charge is 0.328 e. The van der Waals surface area contributed by atoms with Crippen LogP contribution in [0.15, 0.2) is 0 Å². The molecule has 0 saturated carbocycles. The Hall–Kier alpha value is -1.83. The van der Waals surface area contributed by atoms with Gasteiger partial charge in [0.2, 0.25) is 5.91 Å². The summed E-state index contributed by atoms with van der Waals surface area (Å²) in [5, 5.41) is 11.6. The second-order valence-electron chi connectivity index (χ2n) is 5.11. The summed E-state index contributed by atoms with van der Waals surface area (Å²) in [5.41, 5.74) is 0. The number of carboxylic acids is 1. The van der Waals surface area contributed by atoms with Gasteiger partial charge in [-0.3, -0.25) is 9.69 Å². The first-order valence-corrected chi connectivity index (χ1v) is 6.56. The molecule has 8 heteroatoms. The molecule has 3 atom stereocenters. The Morgan fingerprint density at radius 2 is 2.20 bits per heavy atom. The van der Waals surface area contributed by atoms with Gasteiger partial charge in [-0.2, -0.15) is 0 Å². The maximum absolute atomic E-state index is 12.4. The van der Waals surface area contributed by atoms with E-state index in [-0.39, 0.29) is 31.1 Å². The minimum Gasteiger partial charge on any atom is -0.480 e. The third-order valence-electron chi connectivity index (χ3n) is 3.85. The van der Waals surface area contributed by atoms with E-state index in [4.69, 9.17) is 9.84 Å². The van der Waals surface area contributed by atoms with Gasteiger partial charge in [-0.05, 0) is 13.3 Å². The van der Waals surface area contributed by atoms with Crippen molar-refractivity contribution in [2.75, 3.05) is 26.7 Å². The fourth-order valence-corrected chi connectivity index (χ4v) is 2.64. The van der Waals surface area contributed by atoms with Crippen LogP contribution < -0.4 is 5.32 Å². The van der Waals surface area contributed by atoms with Gasteiger partial charge in [0.1, 0.15) is 12.6 Å². The van der Waals surface area contributed by atoms with Crippen molar-refractivity contribution < 1.29 is 24.2 Å². The number of piperazine rings is 1. The van der Waals surface area contributed by atoms with Gasteiger partial charge in [-0.25, -0.2) is 9.59 Å². The van der Waals surface area contributed by atoms with Crippen LogP contribution in [0.4, 0.5) is 4.79 Å². The molecule has 0 bridgehead atoms. The number of hydrogen-bond donors (Lipinski definition) is 2. The predicted octanol–water partition coefficient (Wildman–Crippen LogP) is -0.899. The van der Waals surface area contributed by atoms with Gasteiger partial charge in [0.15, 0.2) is 0 Å². The highest BCUT2D eigenvalue weighted by atomic mass is 16.5. The zero-order valence-electron chi connectivity index (χ0n) is 11.5. The quantitative estimate of drug-likeness (QED) is 0.685. The fourth-order valence-electron chi connectivity index (χ4n) is 2.64. The van der Waals surface area contributed by atoms with Crippen LogP contribution in [0.25, 0.3) is 0 Å². The van der Waals surface area contributed by atoms with Gasteiger partial charge in [-0.1, -0.05) is 0 Å². The number of nitrogens with one attached hydrogen (secondary N) is 1. The van der Waals surface area contributed by atoms with Crippen molar-refractivity contribution >= 4 is 17.9 Å². The molecule has 112 valence electrons. The number of rotatable bonds is 2. The predicted molar refractivity (Wildman–Crippen MR) is 68.1 cm³/mol. The van der Waals surface area contributed by atoms with Gasteiger partial charge in [0, 0.05) is 20.2 Å². The van der Waals surface area contributed by atoms with Crippen molar-refractivity contribution in [2.45, 2.75) is 31.5 Å². The molecule has 0 spiro atoms. The van der Waals surface area contributed by atoms with E-state index >= 15 is 0 Å². The van der Waals surface area contributed by atoms with Crippen molar-refractivity contribution in [3.8, 4) is 0 Å². The summed E-state index contributed by atoms with van der Waals surface area (Å²) in [4.78, 5) is 37.6. The van der Waals surface area contributed by atoms with E-state index < -0.39 is 18.0 Å². The first-order valence-electron chi connectivity index (χ1n) is 6.56. The second-order valence-corrected chi connectivity index (χ2v) is 5.11. The number of nitrogens with zero attached hydrogens (tertiary/aromatic N) is 2. The number of carbonyl (C=O) groups is 3. The Bertz CT molecular complexity index is 427. The zero-order valence-corrected chi connectivity index (χ0v) is 11.5. The highest BCUT2D eigenvalue weighted by molar-refractivity contribution is 5.90. The largest absolute Gasteiger partial charge is 0.480 e. The molecule has 2 heterocycles. The first-order chi connectivity index (χ1) is 9.41. The average molecular weight is 285 g/mol. The molecule has 2 N–H and O–H groups in total. The molecule has 3 unspecified atom stereocenters.